The molecule has 0 aliphatic carbocycles. The second-order valence-corrected chi connectivity index (χ2v) is 7.38. The minimum atomic E-state index is -3.63. The molecular weight excluding hydrogens is 330 g/mol. The summed E-state index contributed by atoms with van der Waals surface area (Å²) >= 11 is 0.951. The third-order valence-corrected chi connectivity index (χ3v) is 6.36. The Morgan fingerprint density at radius 3 is 2.45 bits per heavy atom. The lowest BCUT2D eigenvalue weighted by molar-refractivity contribution is 0.0700. The van der Waals surface area contributed by atoms with E-state index in [9.17, 15) is 18.9 Å². The fourth-order valence-electron chi connectivity index (χ4n) is 2.24. The zero-order chi connectivity index (χ0) is 16.3. The quantitative estimate of drug-likeness (QED) is 0.768. The predicted octanol–water partition coefficient (Wildman–Crippen LogP) is 3.96. The maximum Gasteiger partial charge on any atom is 0.361 e. The lowest BCUT2D eigenvalue weighted by Gasteiger charge is -2.18. The van der Waals surface area contributed by atoms with Gasteiger partial charge in [0, 0.05) is 15.6 Å². The molecule has 2 aromatic rings. The first kappa shape index (κ1) is 17.1. The number of thiophene rings is 1. The SMILES string of the molecule is CCOP(=O)(OCC)c1cccc2sc(C(=O)O)c(CF)c12. The van der Waals surface area contributed by atoms with Crippen LogP contribution in [0.4, 0.5) is 4.39 Å². The van der Waals surface area contributed by atoms with Crippen molar-refractivity contribution >= 4 is 40.3 Å². The van der Waals surface area contributed by atoms with Gasteiger partial charge < -0.3 is 14.2 Å². The summed E-state index contributed by atoms with van der Waals surface area (Å²) in [5.41, 5.74) is 0.0164. The highest BCUT2D eigenvalue weighted by molar-refractivity contribution is 7.62. The van der Waals surface area contributed by atoms with Gasteiger partial charge in [0.25, 0.3) is 0 Å². The molecule has 0 unspecified atom stereocenters. The van der Waals surface area contributed by atoms with E-state index in [-0.39, 0.29) is 29.0 Å². The minimum Gasteiger partial charge on any atom is -0.477 e. The van der Waals surface area contributed by atoms with Crippen LogP contribution in [0.1, 0.15) is 29.1 Å². The van der Waals surface area contributed by atoms with Gasteiger partial charge in [-0.25, -0.2) is 9.18 Å². The molecule has 8 heteroatoms. The van der Waals surface area contributed by atoms with Crippen molar-refractivity contribution in [3.05, 3.63) is 28.6 Å². The zero-order valence-electron chi connectivity index (χ0n) is 12.2. The third-order valence-electron chi connectivity index (χ3n) is 3.01. The first-order chi connectivity index (χ1) is 10.5. The fourth-order valence-corrected chi connectivity index (χ4v) is 5.21. The van der Waals surface area contributed by atoms with Crippen LogP contribution in [0.2, 0.25) is 0 Å². The standard InChI is InChI=1S/C14H16FO5PS/c1-3-19-21(18,20-4-2)10-6-5-7-11-12(10)9(8-15)13(22-11)14(16)17/h5-7H,3-4,8H2,1-2H3,(H,16,17). The number of aromatic carboxylic acids is 1. The van der Waals surface area contributed by atoms with Crippen molar-refractivity contribution in [3.63, 3.8) is 0 Å². The predicted molar refractivity (Wildman–Crippen MR) is 84.1 cm³/mol. The van der Waals surface area contributed by atoms with Crippen LogP contribution >= 0.6 is 18.9 Å². The Morgan fingerprint density at radius 2 is 1.95 bits per heavy atom. The molecular formula is C14H16FO5PS. The van der Waals surface area contributed by atoms with Crippen LogP contribution in [0.15, 0.2) is 18.2 Å². The summed E-state index contributed by atoms with van der Waals surface area (Å²) in [5.74, 6) is -1.21. The lowest BCUT2D eigenvalue weighted by Crippen LogP contribution is -2.12. The molecule has 0 aliphatic rings. The number of hydrogen-bond donors (Lipinski definition) is 1. The lowest BCUT2D eigenvalue weighted by atomic mass is 10.1. The van der Waals surface area contributed by atoms with Crippen LogP contribution < -0.4 is 5.30 Å². The molecule has 22 heavy (non-hydrogen) atoms. The highest BCUT2D eigenvalue weighted by atomic mass is 32.1. The normalized spacial score (nSPS) is 12.0. The topological polar surface area (TPSA) is 72.8 Å². The first-order valence-corrected chi connectivity index (χ1v) is 9.07. The van der Waals surface area contributed by atoms with E-state index in [2.05, 4.69) is 0 Å². The molecule has 1 N–H and O–H groups in total. The molecule has 0 aliphatic heterocycles. The Hall–Kier alpha value is -1.27. The van der Waals surface area contributed by atoms with E-state index in [4.69, 9.17) is 9.05 Å². The van der Waals surface area contributed by atoms with Crippen LogP contribution in [0.3, 0.4) is 0 Å². The fraction of sp³-hybridized carbons (Fsp3) is 0.357. The molecule has 0 atom stereocenters. The van der Waals surface area contributed by atoms with Gasteiger partial charge in [0.1, 0.15) is 11.6 Å². The van der Waals surface area contributed by atoms with Gasteiger partial charge in [0.15, 0.2) is 0 Å². The molecule has 1 aromatic carbocycles. The van der Waals surface area contributed by atoms with E-state index in [0.29, 0.717) is 10.1 Å². The summed E-state index contributed by atoms with van der Waals surface area (Å²) in [5, 5.41) is 9.74. The summed E-state index contributed by atoms with van der Waals surface area (Å²) < 4.78 is 37.5. The van der Waals surface area contributed by atoms with Gasteiger partial charge in [-0.2, -0.15) is 0 Å². The Labute approximate surface area is 131 Å². The van der Waals surface area contributed by atoms with Crippen LogP contribution in [0.5, 0.6) is 0 Å². The van der Waals surface area contributed by atoms with Gasteiger partial charge in [0.05, 0.1) is 18.5 Å². The molecule has 1 aromatic heterocycles. The summed E-state index contributed by atoms with van der Waals surface area (Å²) in [6.07, 6.45) is 0. The van der Waals surface area contributed by atoms with Crippen molar-refractivity contribution in [1.82, 2.24) is 0 Å². The van der Waals surface area contributed by atoms with Crippen LogP contribution in [0.25, 0.3) is 10.1 Å². The van der Waals surface area contributed by atoms with Crippen LogP contribution in [-0.2, 0) is 20.3 Å². The van der Waals surface area contributed by atoms with Gasteiger partial charge in [-0.3, -0.25) is 4.57 Å². The molecule has 0 saturated heterocycles. The molecule has 0 amide bonds. The molecule has 0 radical (unpaired) electrons. The first-order valence-electron chi connectivity index (χ1n) is 6.71. The number of alkyl halides is 1. The largest absolute Gasteiger partial charge is 0.477 e. The second kappa shape index (κ2) is 6.87. The zero-order valence-corrected chi connectivity index (χ0v) is 13.9. The Balaban J connectivity index is 2.78. The molecule has 0 fully saturated rings. The van der Waals surface area contributed by atoms with E-state index in [0.717, 1.165) is 11.3 Å². The average molecular weight is 346 g/mol. The Bertz CT molecular complexity index is 732. The second-order valence-electron chi connectivity index (χ2n) is 4.33. The third kappa shape index (κ3) is 2.94. The summed E-state index contributed by atoms with van der Waals surface area (Å²) in [7, 11) is -3.63. The number of benzene rings is 1. The molecule has 5 nitrogen and oxygen atoms in total. The van der Waals surface area contributed by atoms with Crippen LogP contribution in [0, 0.1) is 0 Å². The molecule has 120 valence electrons. The number of hydrogen-bond acceptors (Lipinski definition) is 5. The average Bonchev–Trinajstić information content (AvgIpc) is 2.86. The summed E-state index contributed by atoms with van der Waals surface area (Å²) in [6.45, 7) is 2.72. The van der Waals surface area contributed by atoms with E-state index in [1.54, 1.807) is 26.0 Å². The van der Waals surface area contributed by atoms with Gasteiger partial charge in [0.2, 0.25) is 0 Å². The van der Waals surface area contributed by atoms with Crippen molar-refractivity contribution in [2.75, 3.05) is 13.2 Å². The highest BCUT2D eigenvalue weighted by Crippen LogP contribution is 2.50. The van der Waals surface area contributed by atoms with Gasteiger partial charge in [-0.15, -0.1) is 11.3 Å². The van der Waals surface area contributed by atoms with Gasteiger partial charge in [-0.1, -0.05) is 6.07 Å². The number of rotatable bonds is 7. The van der Waals surface area contributed by atoms with Gasteiger partial charge >= 0.3 is 13.6 Å². The molecule has 1 heterocycles. The maximum atomic E-state index is 13.4. The minimum absolute atomic E-state index is 0.0164. The van der Waals surface area contributed by atoms with Crippen molar-refractivity contribution in [1.29, 1.82) is 0 Å². The number of carbonyl (C=O) groups is 1. The molecule has 0 saturated carbocycles. The summed E-state index contributed by atoms with van der Waals surface area (Å²) in [6, 6.07) is 4.83. The number of fused-ring (bicyclic) bond motifs is 1. The monoisotopic (exact) mass is 346 g/mol. The smallest absolute Gasteiger partial charge is 0.361 e. The van der Waals surface area contributed by atoms with Crippen LogP contribution in [-0.4, -0.2) is 24.3 Å². The van der Waals surface area contributed by atoms with Crippen molar-refractivity contribution in [3.8, 4) is 0 Å². The van der Waals surface area contributed by atoms with E-state index in [1.165, 1.54) is 6.07 Å². The van der Waals surface area contributed by atoms with E-state index >= 15 is 0 Å². The summed E-state index contributed by atoms with van der Waals surface area (Å²) in [4.78, 5) is 11.2. The maximum absolute atomic E-state index is 13.4. The molecule has 0 bridgehead atoms. The van der Waals surface area contributed by atoms with Gasteiger partial charge in [-0.05, 0) is 26.0 Å². The number of carboxylic acid groups (broad SMARTS) is 1. The Morgan fingerprint density at radius 1 is 1.32 bits per heavy atom. The van der Waals surface area contributed by atoms with E-state index < -0.39 is 20.2 Å². The molecule has 0 spiro atoms. The highest BCUT2D eigenvalue weighted by Gasteiger charge is 2.32. The van der Waals surface area contributed by atoms with Crippen molar-refractivity contribution < 1.29 is 27.9 Å². The van der Waals surface area contributed by atoms with Crippen molar-refractivity contribution in [2.45, 2.75) is 20.5 Å². The molecule has 2 rings (SSSR count). The number of halogens is 1. The Kier molecular flexibility index (Phi) is 5.34. The van der Waals surface area contributed by atoms with E-state index in [1.807, 2.05) is 0 Å². The number of carboxylic acids is 1. The van der Waals surface area contributed by atoms with Crippen molar-refractivity contribution in [2.24, 2.45) is 0 Å².